The smallest absolute Gasteiger partial charge is 0.408 e. The predicted molar refractivity (Wildman–Crippen MR) is 77.1 cm³/mol. The van der Waals surface area contributed by atoms with Gasteiger partial charge in [0.15, 0.2) is 5.54 Å². The standard InChI is InChI=1S/C14H26N2O5/c1-9(10(2)17)16-7-6-14(8-16,11(18)19)15-12(20)21-13(3,4)5/h9-10,17H,6-8H2,1-5H3,(H,15,20)(H,18,19). The van der Waals surface area contributed by atoms with E-state index >= 15 is 0 Å². The third kappa shape index (κ3) is 4.57. The van der Waals surface area contributed by atoms with Crippen molar-refractivity contribution in [3.05, 3.63) is 0 Å². The Hall–Kier alpha value is -1.34. The Bertz CT molecular complexity index is 405. The van der Waals surface area contributed by atoms with Crippen molar-refractivity contribution >= 4 is 12.1 Å². The van der Waals surface area contributed by atoms with Gasteiger partial charge in [-0.15, -0.1) is 0 Å². The van der Waals surface area contributed by atoms with Crippen molar-refractivity contribution in [2.45, 2.75) is 64.3 Å². The van der Waals surface area contributed by atoms with Crippen molar-refractivity contribution in [3.8, 4) is 0 Å². The lowest BCUT2D eigenvalue weighted by atomic mass is 9.99. The number of likely N-dealkylation sites (tertiary alicyclic amines) is 1. The zero-order chi connectivity index (χ0) is 16.4. The van der Waals surface area contributed by atoms with Gasteiger partial charge >= 0.3 is 12.1 Å². The lowest BCUT2D eigenvalue weighted by Gasteiger charge is -2.30. The summed E-state index contributed by atoms with van der Waals surface area (Å²) in [5, 5.41) is 21.6. The van der Waals surface area contributed by atoms with Crippen LogP contribution in [-0.2, 0) is 9.53 Å². The molecule has 1 aliphatic rings. The number of alkyl carbamates (subject to hydrolysis) is 1. The summed E-state index contributed by atoms with van der Waals surface area (Å²) in [5.74, 6) is -1.09. The number of carbonyl (C=O) groups excluding carboxylic acids is 1. The number of hydrogen-bond acceptors (Lipinski definition) is 5. The van der Waals surface area contributed by atoms with Crippen LogP contribution in [0.1, 0.15) is 41.0 Å². The molecule has 1 fully saturated rings. The quantitative estimate of drug-likeness (QED) is 0.711. The average molecular weight is 302 g/mol. The number of ether oxygens (including phenoxy) is 1. The maximum absolute atomic E-state index is 11.9. The van der Waals surface area contributed by atoms with Gasteiger partial charge in [-0.05, 0) is 41.0 Å². The van der Waals surface area contributed by atoms with E-state index in [1.807, 2.05) is 11.8 Å². The Morgan fingerprint density at radius 1 is 1.33 bits per heavy atom. The first-order valence-electron chi connectivity index (χ1n) is 7.13. The van der Waals surface area contributed by atoms with E-state index in [0.29, 0.717) is 6.54 Å². The van der Waals surface area contributed by atoms with Gasteiger partial charge in [0.1, 0.15) is 5.60 Å². The second-order valence-electron chi connectivity index (χ2n) is 6.72. The summed E-state index contributed by atoms with van der Waals surface area (Å²) in [6.07, 6.45) is -1.04. The van der Waals surface area contributed by atoms with Gasteiger partial charge in [-0.25, -0.2) is 9.59 Å². The van der Waals surface area contributed by atoms with Crippen LogP contribution in [0.3, 0.4) is 0 Å². The number of carbonyl (C=O) groups is 2. The molecule has 0 bridgehead atoms. The molecule has 3 unspecified atom stereocenters. The van der Waals surface area contributed by atoms with Crippen molar-refractivity contribution in [2.24, 2.45) is 0 Å². The third-order valence-electron chi connectivity index (χ3n) is 3.72. The first-order chi connectivity index (χ1) is 9.47. The van der Waals surface area contributed by atoms with Crippen LogP contribution in [0.15, 0.2) is 0 Å². The zero-order valence-electron chi connectivity index (χ0n) is 13.3. The van der Waals surface area contributed by atoms with Crippen LogP contribution in [0.2, 0.25) is 0 Å². The molecule has 0 aromatic heterocycles. The van der Waals surface area contributed by atoms with Gasteiger partial charge < -0.3 is 20.3 Å². The second kappa shape index (κ2) is 6.19. The van der Waals surface area contributed by atoms with Crippen LogP contribution < -0.4 is 5.32 Å². The van der Waals surface area contributed by atoms with Crippen LogP contribution in [-0.4, -0.2) is 63.6 Å². The Kier molecular flexibility index (Phi) is 5.22. The molecule has 0 saturated carbocycles. The third-order valence-corrected chi connectivity index (χ3v) is 3.72. The normalized spacial score (nSPS) is 26.2. The number of aliphatic hydroxyl groups excluding tert-OH is 1. The molecule has 1 heterocycles. The monoisotopic (exact) mass is 302 g/mol. The molecule has 1 rings (SSSR count). The van der Waals surface area contributed by atoms with Crippen LogP contribution in [0.4, 0.5) is 4.79 Å². The number of hydrogen-bond donors (Lipinski definition) is 3. The van der Waals surface area contributed by atoms with Crippen LogP contribution in [0.5, 0.6) is 0 Å². The van der Waals surface area contributed by atoms with Gasteiger partial charge in [-0.1, -0.05) is 0 Å². The molecule has 1 saturated heterocycles. The fourth-order valence-corrected chi connectivity index (χ4v) is 2.32. The van der Waals surface area contributed by atoms with Crippen molar-refractivity contribution in [3.63, 3.8) is 0 Å². The fourth-order valence-electron chi connectivity index (χ4n) is 2.32. The molecule has 122 valence electrons. The van der Waals surface area contributed by atoms with Gasteiger partial charge in [-0.3, -0.25) is 4.90 Å². The minimum absolute atomic E-state index is 0.146. The maximum atomic E-state index is 11.9. The molecule has 7 nitrogen and oxygen atoms in total. The van der Waals surface area contributed by atoms with Crippen molar-refractivity contribution in [1.29, 1.82) is 0 Å². The highest BCUT2D eigenvalue weighted by molar-refractivity contribution is 5.85. The summed E-state index contributed by atoms with van der Waals surface area (Å²) in [6, 6.07) is -0.174. The van der Waals surface area contributed by atoms with Crippen molar-refractivity contribution < 1.29 is 24.5 Å². The Balaban J connectivity index is 2.79. The second-order valence-corrected chi connectivity index (χ2v) is 6.72. The van der Waals surface area contributed by atoms with E-state index in [9.17, 15) is 19.8 Å². The first kappa shape index (κ1) is 17.7. The molecule has 0 radical (unpaired) electrons. The number of rotatable bonds is 4. The van der Waals surface area contributed by atoms with Gasteiger partial charge in [-0.2, -0.15) is 0 Å². The molecule has 3 atom stereocenters. The largest absolute Gasteiger partial charge is 0.479 e. The minimum atomic E-state index is -1.37. The first-order valence-corrected chi connectivity index (χ1v) is 7.13. The van der Waals surface area contributed by atoms with Crippen molar-refractivity contribution in [1.82, 2.24) is 10.2 Å². The van der Waals surface area contributed by atoms with Crippen LogP contribution in [0.25, 0.3) is 0 Å². The highest BCUT2D eigenvalue weighted by Gasteiger charge is 2.48. The van der Waals surface area contributed by atoms with E-state index in [-0.39, 0.29) is 19.0 Å². The minimum Gasteiger partial charge on any atom is -0.479 e. The van der Waals surface area contributed by atoms with Gasteiger partial charge in [0.05, 0.1) is 6.10 Å². The molecule has 1 amide bonds. The Labute approximate surface area is 125 Å². The topological polar surface area (TPSA) is 99.1 Å². The van der Waals surface area contributed by atoms with Gasteiger partial charge in [0, 0.05) is 19.1 Å². The molecule has 7 heteroatoms. The summed E-state index contributed by atoms with van der Waals surface area (Å²) in [6.45, 7) is 9.29. The molecule has 1 aliphatic heterocycles. The number of aliphatic carboxylic acids is 1. The number of carboxylic acid groups (broad SMARTS) is 1. The molecule has 21 heavy (non-hydrogen) atoms. The SMILES string of the molecule is CC(O)C(C)N1CCC(NC(=O)OC(C)(C)C)(C(=O)O)C1. The van der Waals surface area contributed by atoms with Crippen LogP contribution in [0, 0.1) is 0 Å². The van der Waals surface area contributed by atoms with E-state index in [1.165, 1.54) is 0 Å². The summed E-state index contributed by atoms with van der Waals surface area (Å²) in [7, 11) is 0. The molecular weight excluding hydrogens is 276 g/mol. The average Bonchev–Trinajstić information content (AvgIpc) is 2.70. The number of nitrogens with zero attached hydrogens (tertiary/aromatic N) is 1. The lowest BCUT2D eigenvalue weighted by molar-refractivity contribution is -0.144. The van der Waals surface area contributed by atoms with E-state index in [4.69, 9.17) is 4.74 Å². The summed E-state index contributed by atoms with van der Waals surface area (Å²) in [4.78, 5) is 25.3. The molecule has 0 aliphatic carbocycles. The summed E-state index contributed by atoms with van der Waals surface area (Å²) in [5.41, 5.74) is -2.06. The van der Waals surface area contributed by atoms with E-state index in [0.717, 1.165) is 0 Å². The Morgan fingerprint density at radius 2 is 1.90 bits per heavy atom. The van der Waals surface area contributed by atoms with Crippen molar-refractivity contribution in [2.75, 3.05) is 13.1 Å². The molecule has 0 aromatic carbocycles. The number of nitrogens with one attached hydrogen (secondary N) is 1. The van der Waals surface area contributed by atoms with E-state index < -0.39 is 29.3 Å². The molecular formula is C14H26N2O5. The summed E-state index contributed by atoms with van der Waals surface area (Å²) >= 11 is 0. The Morgan fingerprint density at radius 3 is 2.33 bits per heavy atom. The van der Waals surface area contributed by atoms with Gasteiger partial charge in [0.25, 0.3) is 0 Å². The highest BCUT2D eigenvalue weighted by atomic mass is 16.6. The molecule has 3 N–H and O–H groups in total. The molecule has 0 aromatic rings. The molecule has 0 spiro atoms. The van der Waals surface area contributed by atoms with E-state index in [1.54, 1.807) is 27.7 Å². The zero-order valence-corrected chi connectivity index (χ0v) is 13.3. The van der Waals surface area contributed by atoms with Gasteiger partial charge in [0.2, 0.25) is 0 Å². The number of carboxylic acids is 1. The maximum Gasteiger partial charge on any atom is 0.408 e. The van der Waals surface area contributed by atoms with Crippen LogP contribution >= 0.6 is 0 Å². The number of amides is 1. The number of aliphatic hydroxyl groups is 1. The predicted octanol–water partition coefficient (Wildman–Crippen LogP) is 0.810. The van der Waals surface area contributed by atoms with E-state index in [2.05, 4.69) is 5.32 Å². The lowest BCUT2D eigenvalue weighted by Crippen LogP contribution is -2.58. The summed E-state index contributed by atoms with van der Waals surface area (Å²) < 4.78 is 5.14. The highest BCUT2D eigenvalue weighted by Crippen LogP contribution is 2.25. The fraction of sp³-hybridized carbons (Fsp3) is 0.857.